The average Bonchev–Trinajstić information content (AvgIpc) is 2.65. The zero-order valence-corrected chi connectivity index (χ0v) is 16.9. The molecule has 1 aromatic carbocycles. The lowest BCUT2D eigenvalue weighted by Gasteiger charge is -2.24. The number of ether oxygens (including phenoxy) is 2. The van der Waals surface area contributed by atoms with Crippen molar-refractivity contribution in [3.8, 4) is 5.75 Å². The largest absolute Gasteiger partial charge is 0.477 e. The molecule has 1 aromatic heterocycles. The van der Waals surface area contributed by atoms with Crippen LogP contribution in [0, 0.1) is 13.8 Å². The molecule has 1 aliphatic rings. The van der Waals surface area contributed by atoms with E-state index in [0.29, 0.717) is 17.9 Å². The first kappa shape index (κ1) is 19.5. The van der Waals surface area contributed by atoms with E-state index in [1.54, 1.807) is 0 Å². The number of halogens is 1. The molecule has 1 aliphatic heterocycles. The number of rotatable bonds is 6. The highest BCUT2D eigenvalue weighted by Crippen LogP contribution is 2.33. The van der Waals surface area contributed by atoms with Gasteiger partial charge in [0.05, 0.1) is 6.61 Å². The van der Waals surface area contributed by atoms with Gasteiger partial charge < -0.3 is 9.47 Å². The quantitative estimate of drug-likeness (QED) is 0.436. The van der Waals surface area contributed by atoms with Crippen molar-refractivity contribution in [3.05, 3.63) is 51.8 Å². The van der Waals surface area contributed by atoms with Gasteiger partial charge in [0.25, 0.3) is 0 Å². The van der Waals surface area contributed by atoms with Crippen LogP contribution in [0.5, 0.6) is 5.75 Å². The van der Waals surface area contributed by atoms with Crippen molar-refractivity contribution in [1.29, 1.82) is 0 Å². The number of hydrogen-bond acceptors (Lipinski definition) is 5. The molecular weight excluding hydrogens is 368 g/mol. The number of nitrogens with zero attached hydrogens (tertiary/aromatic N) is 1. The van der Waals surface area contributed by atoms with Crippen molar-refractivity contribution in [2.75, 3.05) is 19.9 Å². The van der Waals surface area contributed by atoms with Crippen molar-refractivity contribution in [1.82, 2.24) is 10.3 Å². The van der Waals surface area contributed by atoms with E-state index < -0.39 is 0 Å². The van der Waals surface area contributed by atoms with Gasteiger partial charge >= 0.3 is 0 Å². The molecule has 2 heterocycles. The summed E-state index contributed by atoms with van der Waals surface area (Å²) in [4.78, 5) is 5.01. The molecule has 0 saturated carbocycles. The number of aromatic nitrogens is 1. The van der Waals surface area contributed by atoms with E-state index in [-0.39, 0.29) is 0 Å². The molecule has 0 amide bonds. The summed E-state index contributed by atoms with van der Waals surface area (Å²) in [6.07, 6.45) is 4.84. The molecule has 2 aromatic rings. The van der Waals surface area contributed by atoms with E-state index in [1.807, 2.05) is 18.3 Å². The third-order valence-electron chi connectivity index (χ3n) is 4.86. The highest BCUT2D eigenvalue weighted by Gasteiger charge is 2.15. The van der Waals surface area contributed by atoms with Gasteiger partial charge in [0.2, 0.25) is 0 Å². The molecule has 3 rings (SSSR count). The van der Waals surface area contributed by atoms with Gasteiger partial charge in [-0.2, -0.15) is 0 Å². The van der Waals surface area contributed by atoms with Gasteiger partial charge in [-0.05, 0) is 67.5 Å². The van der Waals surface area contributed by atoms with E-state index in [4.69, 9.17) is 21.1 Å². The fraction of sp³-hybridized carbons (Fsp3) is 0.450. The van der Waals surface area contributed by atoms with Crippen LogP contribution in [0.3, 0.4) is 0 Å². The minimum atomic E-state index is 0.366. The molecule has 1 atom stereocenters. The second-order valence-electron chi connectivity index (χ2n) is 6.71. The van der Waals surface area contributed by atoms with Gasteiger partial charge in [0.15, 0.2) is 0 Å². The molecule has 140 valence electrons. The SMILES string of the molecule is Cc1c(Cc2ccc(Cl)nc2)cc(S)c(OCNC2CCCOC2)c1C. The smallest absolute Gasteiger partial charge is 0.139 e. The maximum atomic E-state index is 6.00. The van der Waals surface area contributed by atoms with Gasteiger partial charge in [0.1, 0.15) is 17.6 Å². The van der Waals surface area contributed by atoms with Crippen molar-refractivity contribution < 1.29 is 9.47 Å². The first-order valence-electron chi connectivity index (χ1n) is 8.91. The molecule has 0 spiro atoms. The van der Waals surface area contributed by atoms with Crippen LogP contribution in [0.25, 0.3) is 0 Å². The summed E-state index contributed by atoms with van der Waals surface area (Å²) in [5.41, 5.74) is 4.68. The summed E-state index contributed by atoms with van der Waals surface area (Å²) in [7, 11) is 0. The first-order chi connectivity index (χ1) is 12.5. The van der Waals surface area contributed by atoms with Crippen molar-refractivity contribution in [2.24, 2.45) is 0 Å². The molecule has 26 heavy (non-hydrogen) atoms. The molecule has 1 N–H and O–H groups in total. The Hall–Kier alpha value is -1.27. The topological polar surface area (TPSA) is 43.4 Å². The van der Waals surface area contributed by atoms with E-state index in [1.165, 1.54) is 11.1 Å². The fourth-order valence-corrected chi connectivity index (χ4v) is 3.67. The predicted molar refractivity (Wildman–Crippen MR) is 108 cm³/mol. The molecule has 0 bridgehead atoms. The molecule has 1 saturated heterocycles. The molecule has 1 fully saturated rings. The summed E-state index contributed by atoms with van der Waals surface area (Å²) in [5.74, 6) is 0.841. The third-order valence-corrected chi connectivity index (χ3v) is 5.42. The van der Waals surface area contributed by atoms with Crippen LogP contribution >= 0.6 is 24.2 Å². The lowest BCUT2D eigenvalue weighted by molar-refractivity contribution is 0.0623. The van der Waals surface area contributed by atoms with Gasteiger partial charge in [0, 0.05) is 23.7 Å². The molecular formula is C20H25ClN2O2S. The van der Waals surface area contributed by atoms with Crippen LogP contribution in [-0.2, 0) is 11.2 Å². The minimum absolute atomic E-state index is 0.366. The normalized spacial score (nSPS) is 17.3. The third kappa shape index (κ3) is 4.92. The molecule has 4 nitrogen and oxygen atoms in total. The van der Waals surface area contributed by atoms with Crippen molar-refractivity contribution in [2.45, 2.75) is 44.0 Å². The Morgan fingerprint density at radius 2 is 2.19 bits per heavy atom. The van der Waals surface area contributed by atoms with Crippen LogP contribution < -0.4 is 10.1 Å². The predicted octanol–water partition coefficient (Wildman–Crippen LogP) is 4.34. The Morgan fingerprint density at radius 3 is 2.88 bits per heavy atom. The summed E-state index contributed by atoms with van der Waals surface area (Å²) >= 11 is 10.5. The fourth-order valence-electron chi connectivity index (χ4n) is 3.17. The van der Waals surface area contributed by atoms with Crippen molar-refractivity contribution in [3.63, 3.8) is 0 Å². The highest BCUT2D eigenvalue weighted by molar-refractivity contribution is 7.80. The summed E-state index contributed by atoms with van der Waals surface area (Å²) in [6.45, 7) is 6.28. The number of hydrogen-bond donors (Lipinski definition) is 2. The maximum absolute atomic E-state index is 6.00. The monoisotopic (exact) mass is 392 g/mol. The summed E-state index contributed by atoms with van der Waals surface area (Å²) < 4.78 is 11.5. The molecule has 0 radical (unpaired) electrons. The molecule has 0 aliphatic carbocycles. The standard InChI is InChI=1S/C20H25ClN2O2S/c1-13-14(2)20(25-12-23-17-4-3-7-24-11-17)18(26)9-16(13)8-15-5-6-19(21)22-10-15/h5-6,9-10,17,23,26H,3-4,7-8,11-12H2,1-2H3. The van der Waals surface area contributed by atoms with Gasteiger partial charge in [-0.25, -0.2) is 4.98 Å². The van der Waals surface area contributed by atoms with Gasteiger partial charge in [-0.15, -0.1) is 12.6 Å². The van der Waals surface area contributed by atoms with Crippen LogP contribution in [0.2, 0.25) is 5.15 Å². The number of benzene rings is 1. The number of nitrogens with one attached hydrogen (secondary N) is 1. The highest BCUT2D eigenvalue weighted by atomic mass is 35.5. The van der Waals surface area contributed by atoms with E-state index in [2.05, 4.69) is 42.8 Å². The van der Waals surface area contributed by atoms with E-state index in [9.17, 15) is 0 Å². The lowest BCUT2D eigenvalue weighted by atomic mass is 9.97. The van der Waals surface area contributed by atoms with Crippen LogP contribution in [0.15, 0.2) is 29.3 Å². The number of thiol groups is 1. The molecule has 1 unspecified atom stereocenters. The average molecular weight is 393 g/mol. The Kier molecular flexibility index (Phi) is 6.81. The van der Waals surface area contributed by atoms with Gasteiger partial charge in [-0.3, -0.25) is 5.32 Å². The summed E-state index contributed by atoms with van der Waals surface area (Å²) in [6, 6.07) is 6.27. The second kappa shape index (κ2) is 9.09. The molecule has 6 heteroatoms. The van der Waals surface area contributed by atoms with Crippen LogP contribution in [-0.4, -0.2) is 31.0 Å². The maximum Gasteiger partial charge on any atom is 0.139 e. The Morgan fingerprint density at radius 1 is 1.35 bits per heavy atom. The Labute approximate surface area is 165 Å². The minimum Gasteiger partial charge on any atom is -0.477 e. The zero-order chi connectivity index (χ0) is 18.5. The lowest BCUT2D eigenvalue weighted by Crippen LogP contribution is -2.38. The first-order valence-corrected chi connectivity index (χ1v) is 9.73. The van der Waals surface area contributed by atoms with Crippen LogP contribution in [0.1, 0.15) is 35.1 Å². The van der Waals surface area contributed by atoms with E-state index in [0.717, 1.165) is 54.2 Å². The van der Waals surface area contributed by atoms with Crippen molar-refractivity contribution >= 4 is 24.2 Å². The van der Waals surface area contributed by atoms with Crippen LogP contribution in [0.4, 0.5) is 0 Å². The second-order valence-corrected chi connectivity index (χ2v) is 7.58. The van der Waals surface area contributed by atoms with Gasteiger partial charge in [-0.1, -0.05) is 17.7 Å². The Bertz CT molecular complexity index is 746. The zero-order valence-electron chi connectivity index (χ0n) is 15.2. The summed E-state index contributed by atoms with van der Waals surface area (Å²) in [5, 5.41) is 3.91. The van der Waals surface area contributed by atoms with E-state index >= 15 is 0 Å². The Balaban J connectivity index is 1.67. The number of pyridine rings is 1.